The molecule has 0 saturated heterocycles. The summed E-state index contributed by atoms with van der Waals surface area (Å²) >= 11 is 0. The van der Waals surface area contributed by atoms with Crippen LogP contribution in [0.2, 0.25) is 0 Å². The van der Waals surface area contributed by atoms with Crippen LogP contribution in [0.4, 0.5) is 0 Å². The molecule has 0 aromatic heterocycles. The van der Waals surface area contributed by atoms with Crippen LogP contribution in [-0.2, 0) is 19.1 Å². The maximum atomic E-state index is 12.9. The molecule has 4 nitrogen and oxygen atoms in total. The Kier molecular flexibility index (Phi) is 14.6. The Bertz CT molecular complexity index is 489. The minimum atomic E-state index is -0.301. The van der Waals surface area contributed by atoms with E-state index in [4.69, 9.17) is 9.47 Å². The summed E-state index contributed by atoms with van der Waals surface area (Å²) in [6.07, 6.45) is 16.1. The minimum Gasteiger partial charge on any atom is -0.462 e. The van der Waals surface area contributed by atoms with E-state index in [1.54, 1.807) is 0 Å². The van der Waals surface area contributed by atoms with Gasteiger partial charge in [0.05, 0.1) is 18.8 Å². The molecule has 0 atom stereocenters. The molecule has 0 N–H and O–H groups in total. The smallest absolute Gasteiger partial charge is 0.334 e. The molecule has 0 aromatic rings. The lowest BCUT2D eigenvalue weighted by atomic mass is 9.90. The Morgan fingerprint density at radius 3 is 1.76 bits per heavy atom. The molecular weight excluding hydrogens is 364 g/mol. The topological polar surface area (TPSA) is 52.6 Å². The lowest BCUT2D eigenvalue weighted by Crippen LogP contribution is -2.22. The van der Waals surface area contributed by atoms with Crippen LogP contribution in [0.3, 0.4) is 0 Å². The predicted molar refractivity (Wildman–Crippen MR) is 119 cm³/mol. The van der Waals surface area contributed by atoms with Gasteiger partial charge in [-0.1, -0.05) is 78.6 Å². The first-order valence-corrected chi connectivity index (χ1v) is 12.2. The standard InChI is InChI=1S/C25H44O4/c1-4-7-8-9-10-11-12-13-18-22(24(26)28-19-5-2)23(21-16-14-15-17-21)25(27)29-20-6-3/h21H,4-20H2,1-3H3. The van der Waals surface area contributed by atoms with Crippen molar-refractivity contribution < 1.29 is 19.1 Å². The van der Waals surface area contributed by atoms with Gasteiger partial charge in [-0.25, -0.2) is 9.59 Å². The third-order valence-corrected chi connectivity index (χ3v) is 5.71. The molecule has 0 spiro atoms. The molecule has 1 rings (SSSR count). The van der Waals surface area contributed by atoms with Gasteiger partial charge in [0, 0.05) is 5.57 Å². The summed E-state index contributed by atoms with van der Waals surface area (Å²) in [7, 11) is 0. The van der Waals surface area contributed by atoms with Gasteiger partial charge >= 0.3 is 11.9 Å². The molecule has 0 heterocycles. The fourth-order valence-electron chi connectivity index (χ4n) is 4.09. The summed E-state index contributed by atoms with van der Waals surface area (Å²) in [4.78, 5) is 25.7. The third kappa shape index (κ3) is 10.3. The van der Waals surface area contributed by atoms with Gasteiger partial charge in [-0.3, -0.25) is 0 Å². The normalized spacial score (nSPS) is 15.3. The fraction of sp³-hybridized carbons (Fsp3) is 0.840. The average Bonchev–Trinajstić information content (AvgIpc) is 3.25. The summed E-state index contributed by atoms with van der Waals surface area (Å²) in [6, 6.07) is 0. The largest absolute Gasteiger partial charge is 0.462 e. The van der Waals surface area contributed by atoms with Crippen molar-refractivity contribution in [1.82, 2.24) is 0 Å². The van der Waals surface area contributed by atoms with Gasteiger partial charge in [-0.05, 0) is 44.4 Å². The van der Waals surface area contributed by atoms with Crippen LogP contribution in [0.15, 0.2) is 11.1 Å². The minimum absolute atomic E-state index is 0.151. The van der Waals surface area contributed by atoms with Crippen LogP contribution in [0.25, 0.3) is 0 Å². The van der Waals surface area contributed by atoms with Crippen molar-refractivity contribution in [3.63, 3.8) is 0 Å². The molecule has 0 aromatic carbocycles. The Hall–Kier alpha value is -1.32. The predicted octanol–water partition coefficient (Wildman–Crippen LogP) is 6.91. The van der Waals surface area contributed by atoms with E-state index in [9.17, 15) is 9.59 Å². The molecule has 0 aliphatic heterocycles. The highest BCUT2D eigenvalue weighted by Gasteiger charge is 2.31. The van der Waals surface area contributed by atoms with E-state index in [0.717, 1.165) is 51.4 Å². The van der Waals surface area contributed by atoms with E-state index >= 15 is 0 Å². The molecule has 1 fully saturated rings. The van der Waals surface area contributed by atoms with E-state index in [-0.39, 0.29) is 17.9 Å². The second-order valence-corrected chi connectivity index (χ2v) is 8.37. The number of ether oxygens (including phenoxy) is 2. The van der Waals surface area contributed by atoms with E-state index < -0.39 is 0 Å². The number of hydrogen-bond acceptors (Lipinski definition) is 4. The van der Waals surface area contributed by atoms with Crippen LogP contribution in [0.1, 0.15) is 117 Å². The summed E-state index contributed by atoms with van der Waals surface area (Å²) in [5.41, 5.74) is 1.22. The number of esters is 2. The van der Waals surface area contributed by atoms with E-state index in [1.165, 1.54) is 38.5 Å². The zero-order valence-corrected chi connectivity index (χ0v) is 19.2. The Morgan fingerprint density at radius 2 is 1.21 bits per heavy atom. The summed E-state index contributed by atoms with van der Waals surface area (Å²) in [5, 5.41) is 0. The van der Waals surface area contributed by atoms with Crippen molar-refractivity contribution in [2.75, 3.05) is 13.2 Å². The monoisotopic (exact) mass is 408 g/mol. The Balaban J connectivity index is 2.80. The lowest BCUT2D eigenvalue weighted by molar-refractivity contribution is -0.143. The lowest BCUT2D eigenvalue weighted by Gasteiger charge is -2.19. The van der Waals surface area contributed by atoms with Crippen molar-refractivity contribution >= 4 is 11.9 Å². The van der Waals surface area contributed by atoms with Gasteiger partial charge in [0.2, 0.25) is 0 Å². The number of carbonyl (C=O) groups is 2. The molecular formula is C25H44O4. The summed E-state index contributed by atoms with van der Waals surface area (Å²) in [6.45, 7) is 7.02. The molecule has 1 aliphatic rings. The maximum absolute atomic E-state index is 12.9. The first-order chi connectivity index (χ1) is 14.2. The van der Waals surface area contributed by atoms with Crippen molar-refractivity contribution in [3.8, 4) is 0 Å². The summed E-state index contributed by atoms with van der Waals surface area (Å²) in [5.74, 6) is -0.440. The van der Waals surface area contributed by atoms with Gasteiger partial charge in [-0.15, -0.1) is 0 Å². The van der Waals surface area contributed by atoms with Gasteiger partial charge in [-0.2, -0.15) is 0 Å². The van der Waals surface area contributed by atoms with E-state index in [1.807, 2.05) is 13.8 Å². The van der Waals surface area contributed by atoms with Crippen LogP contribution in [-0.4, -0.2) is 25.2 Å². The maximum Gasteiger partial charge on any atom is 0.334 e. The third-order valence-electron chi connectivity index (χ3n) is 5.71. The van der Waals surface area contributed by atoms with Crippen molar-refractivity contribution in [3.05, 3.63) is 11.1 Å². The first kappa shape index (κ1) is 25.7. The molecule has 0 unspecified atom stereocenters. The van der Waals surface area contributed by atoms with Crippen molar-refractivity contribution in [2.24, 2.45) is 5.92 Å². The van der Waals surface area contributed by atoms with E-state index in [2.05, 4.69) is 6.92 Å². The number of unbranched alkanes of at least 4 members (excludes halogenated alkanes) is 7. The molecule has 0 amide bonds. The Labute approximate surface area is 178 Å². The van der Waals surface area contributed by atoms with Crippen LogP contribution >= 0.6 is 0 Å². The molecule has 4 heteroatoms. The molecule has 0 radical (unpaired) electrons. The molecule has 168 valence electrons. The molecule has 1 aliphatic carbocycles. The zero-order chi connectivity index (χ0) is 21.3. The molecule has 0 bridgehead atoms. The zero-order valence-electron chi connectivity index (χ0n) is 19.2. The van der Waals surface area contributed by atoms with E-state index in [0.29, 0.717) is 30.8 Å². The fourth-order valence-corrected chi connectivity index (χ4v) is 4.09. The quantitative estimate of drug-likeness (QED) is 0.158. The highest BCUT2D eigenvalue weighted by atomic mass is 16.5. The van der Waals surface area contributed by atoms with Gasteiger partial charge in [0.15, 0.2) is 0 Å². The SMILES string of the molecule is CCCCCCCCCCC(C(=O)OCCC)=C(C(=O)OCCC)C1CCCC1. The highest BCUT2D eigenvalue weighted by molar-refractivity contribution is 6.00. The summed E-state index contributed by atoms with van der Waals surface area (Å²) < 4.78 is 10.9. The number of carbonyl (C=O) groups excluding carboxylic acids is 2. The van der Waals surface area contributed by atoms with Gasteiger partial charge in [0.1, 0.15) is 0 Å². The van der Waals surface area contributed by atoms with Crippen LogP contribution in [0, 0.1) is 5.92 Å². The second-order valence-electron chi connectivity index (χ2n) is 8.37. The highest BCUT2D eigenvalue weighted by Crippen LogP contribution is 2.35. The Morgan fingerprint density at radius 1 is 0.690 bits per heavy atom. The number of hydrogen-bond donors (Lipinski definition) is 0. The van der Waals surface area contributed by atoms with Crippen molar-refractivity contribution in [1.29, 1.82) is 0 Å². The van der Waals surface area contributed by atoms with Gasteiger partial charge < -0.3 is 9.47 Å². The van der Waals surface area contributed by atoms with Crippen LogP contribution in [0.5, 0.6) is 0 Å². The van der Waals surface area contributed by atoms with Gasteiger partial charge in [0.25, 0.3) is 0 Å². The van der Waals surface area contributed by atoms with Crippen molar-refractivity contribution in [2.45, 2.75) is 117 Å². The molecule has 29 heavy (non-hydrogen) atoms. The number of rotatable bonds is 16. The first-order valence-electron chi connectivity index (χ1n) is 12.2. The average molecular weight is 409 g/mol. The van der Waals surface area contributed by atoms with Crippen LogP contribution < -0.4 is 0 Å². The molecule has 1 saturated carbocycles. The second kappa shape index (κ2) is 16.5.